The molecule has 3 rings (SSSR count). The van der Waals surface area contributed by atoms with E-state index >= 15 is 0 Å². The van der Waals surface area contributed by atoms with Gasteiger partial charge in [0.05, 0.1) is 5.71 Å². The van der Waals surface area contributed by atoms with Gasteiger partial charge in [-0.15, -0.1) is 11.8 Å². The lowest BCUT2D eigenvalue weighted by atomic mass is 9.85. The molecule has 0 saturated carbocycles. The van der Waals surface area contributed by atoms with Crippen LogP contribution < -0.4 is 5.32 Å². The van der Waals surface area contributed by atoms with E-state index in [1.165, 1.54) is 0 Å². The molecular formula is C16H19N3OS. The molecule has 0 saturated heterocycles. The number of rotatable bonds is 4. The van der Waals surface area contributed by atoms with E-state index in [4.69, 9.17) is 0 Å². The van der Waals surface area contributed by atoms with Gasteiger partial charge in [0.25, 0.3) is 0 Å². The molecule has 3 aliphatic rings. The molecule has 1 atom stereocenters. The second-order valence-corrected chi connectivity index (χ2v) is 6.75. The zero-order chi connectivity index (χ0) is 14.9. The largest absolute Gasteiger partial charge is 0.351 e. The van der Waals surface area contributed by atoms with Crippen LogP contribution in [0.25, 0.3) is 0 Å². The number of amides is 1. The highest BCUT2D eigenvalue weighted by molar-refractivity contribution is 8.02. The van der Waals surface area contributed by atoms with Crippen LogP contribution in [0, 0.1) is 0 Å². The van der Waals surface area contributed by atoms with Gasteiger partial charge in [0.2, 0.25) is 5.91 Å². The van der Waals surface area contributed by atoms with E-state index in [1.54, 1.807) is 18.0 Å². The van der Waals surface area contributed by atoms with Crippen molar-refractivity contribution in [3.63, 3.8) is 0 Å². The zero-order valence-electron chi connectivity index (χ0n) is 12.3. The van der Waals surface area contributed by atoms with Crippen LogP contribution in [0.5, 0.6) is 0 Å². The molecule has 0 aromatic heterocycles. The summed E-state index contributed by atoms with van der Waals surface area (Å²) in [6.07, 6.45) is 12.0. The second-order valence-electron chi connectivity index (χ2n) is 5.52. The molecule has 0 aromatic carbocycles. The first kappa shape index (κ1) is 14.4. The van der Waals surface area contributed by atoms with Crippen molar-refractivity contribution in [1.82, 2.24) is 10.2 Å². The number of carbonyl (C=O) groups excluding carboxylic acids is 1. The number of hydrogen-bond donors (Lipinski definition) is 1. The van der Waals surface area contributed by atoms with E-state index < -0.39 is 0 Å². The van der Waals surface area contributed by atoms with Gasteiger partial charge >= 0.3 is 0 Å². The van der Waals surface area contributed by atoms with Gasteiger partial charge in [0.1, 0.15) is 4.75 Å². The van der Waals surface area contributed by atoms with Crippen molar-refractivity contribution in [2.45, 2.75) is 4.75 Å². The third kappa shape index (κ3) is 2.51. The molecule has 5 heteroatoms. The van der Waals surface area contributed by atoms with Crippen LogP contribution in [0.4, 0.5) is 0 Å². The number of aliphatic imine (C=N–C) groups is 1. The summed E-state index contributed by atoms with van der Waals surface area (Å²) in [5.41, 5.74) is 2.98. The number of nitrogens with zero attached hydrogens (tertiary/aromatic N) is 2. The maximum absolute atomic E-state index is 12.4. The zero-order valence-corrected chi connectivity index (χ0v) is 13.1. The Morgan fingerprint density at radius 3 is 3.10 bits per heavy atom. The van der Waals surface area contributed by atoms with Gasteiger partial charge in [-0.1, -0.05) is 18.2 Å². The second kappa shape index (κ2) is 5.66. The van der Waals surface area contributed by atoms with Crippen molar-refractivity contribution in [2.75, 3.05) is 32.9 Å². The molecule has 1 N–H and O–H groups in total. The minimum absolute atomic E-state index is 0.0464. The molecule has 1 aliphatic carbocycles. The van der Waals surface area contributed by atoms with Crippen molar-refractivity contribution >= 4 is 23.4 Å². The van der Waals surface area contributed by atoms with Gasteiger partial charge in [-0.05, 0) is 31.8 Å². The maximum Gasteiger partial charge on any atom is 0.248 e. The molecule has 0 aromatic rings. The van der Waals surface area contributed by atoms with E-state index in [0.29, 0.717) is 6.54 Å². The normalized spacial score (nSPS) is 26.0. The highest BCUT2D eigenvalue weighted by atomic mass is 32.2. The lowest BCUT2D eigenvalue weighted by Gasteiger charge is -2.31. The van der Waals surface area contributed by atoms with E-state index in [2.05, 4.69) is 21.3 Å². The molecule has 2 heterocycles. The van der Waals surface area contributed by atoms with Gasteiger partial charge in [-0.3, -0.25) is 9.79 Å². The Kier molecular flexibility index (Phi) is 3.87. The fourth-order valence-corrected chi connectivity index (χ4v) is 4.15. The predicted molar refractivity (Wildman–Crippen MR) is 88.6 cm³/mol. The summed E-state index contributed by atoms with van der Waals surface area (Å²) in [4.78, 5) is 19.0. The Labute approximate surface area is 129 Å². The molecule has 21 heavy (non-hydrogen) atoms. The molecule has 110 valence electrons. The third-order valence-corrected chi connectivity index (χ3v) is 5.27. The Balaban J connectivity index is 1.83. The molecule has 0 fully saturated rings. The molecule has 2 aliphatic heterocycles. The molecular weight excluding hydrogens is 282 g/mol. The first-order chi connectivity index (χ1) is 10.1. The summed E-state index contributed by atoms with van der Waals surface area (Å²) in [6, 6.07) is 0. The molecule has 1 amide bonds. The Morgan fingerprint density at radius 1 is 1.43 bits per heavy atom. The molecule has 1 unspecified atom stereocenters. The van der Waals surface area contributed by atoms with Crippen molar-refractivity contribution < 1.29 is 4.79 Å². The smallest absolute Gasteiger partial charge is 0.248 e. The van der Waals surface area contributed by atoms with Gasteiger partial charge in [0, 0.05) is 30.6 Å². The monoisotopic (exact) mass is 301 g/mol. The summed E-state index contributed by atoms with van der Waals surface area (Å²) >= 11 is 1.77. The fraction of sp³-hybridized carbons (Fsp3) is 0.375. The Bertz CT molecular complexity index is 613. The van der Waals surface area contributed by atoms with Gasteiger partial charge in [-0.2, -0.15) is 0 Å². The Morgan fingerprint density at radius 2 is 2.29 bits per heavy atom. The van der Waals surface area contributed by atoms with E-state index in [-0.39, 0.29) is 10.7 Å². The number of hydrogen-bond acceptors (Lipinski definition) is 4. The highest BCUT2D eigenvalue weighted by Gasteiger charge is 2.45. The van der Waals surface area contributed by atoms with Gasteiger partial charge in [-0.25, -0.2) is 0 Å². The average molecular weight is 301 g/mol. The molecule has 1 spiro atoms. The SMILES string of the molecule is CN(C)CCNC(=O)C1=C2C=CN=C3C=CC=CC32SC1. The topological polar surface area (TPSA) is 44.7 Å². The lowest BCUT2D eigenvalue weighted by molar-refractivity contribution is -0.117. The predicted octanol–water partition coefficient (Wildman–Crippen LogP) is 1.54. The number of thioether (sulfide) groups is 1. The summed E-state index contributed by atoms with van der Waals surface area (Å²) in [5.74, 6) is 0.773. The van der Waals surface area contributed by atoms with Crippen molar-refractivity contribution in [3.05, 3.63) is 47.7 Å². The van der Waals surface area contributed by atoms with Crippen LogP contribution >= 0.6 is 11.8 Å². The van der Waals surface area contributed by atoms with Crippen LogP contribution in [-0.4, -0.2) is 54.2 Å². The maximum atomic E-state index is 12.4. The molecule has 0 radical (unpaired) electrons. The van der Waals surface area contributed by atoms with E-state index in [1.807, 2.05) is 38.4 Å². The summed E-state index contributed by atoms with van der Waals surface area (Å²) < 4.78 is -0.252. The third-order valence-electron chi connectivity index (χ3n) is 3.82. The number of likely N-dealkylation sites (N-methyl/N-ethyl adjacent to an activating group) is 1. The fourth-order valence-electron chi connectivity index (χ4n) is 2.71. The first-order valence-corrected chi connectivity index (χ1v) is 8.03. The van der Waals surface area contributed by atoms with Crippen LogP contribution in [0.15, 0.2) is 52.7 Å². The quantitative estimate of drug-likeness (QED) is 0.857. The van der Waals surface area contributed by atoms with Crippen LogP contribution in [0.3, 0.4) is 0 Å². The molecule has 0 bridgehead atoms. The van der Waals surface area contributed by atoms with Crippen LogP contribution in [0.2, 0.25) is 0 Å². The average Bonchev–Trinajstić information content (AvgIpc) is 2.84. The highest BCUT2D eigenvalue weighted by Crippen LogP contribution is 2.48. The van der Waals surface area contributed by atoms with Crippen LogP contribution in [-0.2, 0) is 4.79 Å². The summed E-state index contributed by atoms with van der Waals surface area (Å²) in [7, 11) is 4.00. The lowest BCUT2D eigenvalue weighted by Crippen LogP contribution is -2.36. The van der Waals surface area contributed by atoms with Gasteiger partial charge in [0.15, 0.2) is 0 Å². The minimum Gasteiger partial charge on any atom is -0.351 e. The number of allylic oxidation sites excluding steroid dienone is 4. The Hall–Kier alpha value is -1.59. The van der Waals surface area contributed by atoms with Gasteiger partial charge < -0.3 is 10.2 Å². The summed E-state index contributed by atoms with van der Waals surface area (Å²) in [5, 5.41) is 3.01. The minimum atomic E-state index is -0.252. The van der Waals surface area contributed by atoms with Crippen molar-refractivity contribution in [1.29, 1.82) is 0 Å². The van der Waals surface area contributed by atoms with Crippen LogP contribution in [0.1, 0.15) is 0 Å². The first-order valence-electron chi connectivity index (χ1n) is 7.05. The summed E-state index contributed by atoms with van der Waals surface area (Å²) in [6.45, 7) is 1.51. The number of nitrogens with one attached hydrogen (secondary N) is 1. The standard InChI is InChI=1S/C16H19N3OS/c1-19(2)10-9-18-15(20)12-11-21-16-7-4-3-5-14(16)17-8-6-13(12)16/h3-8H,9-11H2,1-2H3,(H,18,20). The number of carbonyl (C=O) groups is 1. The van der Waals surface area contributed by atoms with Crippen molar-refractivity contribution in [3.8, 4) is 0 Å². The van der Waals surface area contributed by atoms with E-state index in [0.717, 1.165) is 29.2 Å². The van der Waals surface area contributed by atoms with E-state index in [9.17, 15) is 4.79 Å². The van der Waals surface area contributed by atoms with Crippen molar-refractivity contribution in [2.24, 2.45) is 4.99 Å². The molecule has 4 nitrogen and oxygen atoms in total.